The Labute approximate surface area is 116 Å². The predicted molar refractivity (Wildman–Crippen MR) is 65.3 cm³/mol. The molecule has 1 aromatic carbocycles. The van der Waals surface area contributed by atoms with Crippen LogP contribution >= 0.6 is 11.6 Å². The van der Waals surface area contributed by atoms with Crippen molar-refractivity contribution in [1.29, 1.82) is 0 Å². The van der Waals surface area contributed by atoms with Gasteiger partial charge < -0.3 is 4.57 Å². The maximum Gasteiger partial charge on any atom is 0.454 e. The van der Waals surface area contributed by atoms with Crippen LogP contribution in [0.25, 0.3) is 0 Å². The van der Waals surface area contributed by atoms with Gasteiger partial charge in [0.25, 0.3) is 5.78 Å². The third-order valence-electron chi connectivity index (χ3n) is 2.63. The van der Waals surface area contributed by atoms with Crippen LogP contribution in [-0.2, 0) is 6.54 Å². The Balaban J connectivity index is 2.22. The highest BCUT2D eigenvalue weighted by Crippen LogP contribution is 2.22. The first-order valence-electron chi connectivity index (χ1n) is 5.48. The van der Waals surface area contributed by atoms with E-state index in [1.54, 1.807) is 0 Å². The van der Waals surface area contributed by atoms with E-state index in [0.29, 0.717) is 5.02 Å². The number of nitrogens with zero attached hydrogens (tertiary/aromatic N) is 1. The molecule has 2 nitrogen and oxygen atoms in total. The summed E-state index contributed by atoms with van der Waals surface area (Å²) in [6, 6.07) is 4.96. The van der Waals surface area contributed by atoms with Crippen LogP contribution < -0.4 is 0 Å². The molecule has 1 aromatic heterocycles. The van der Waals surface area contributed by atoms with Crippen molar-refractivity contribution in [2.45, 2.75) is 12.7 Å². The van der Waals surface area contributed by atoms with Crippen LogP contribution in [0.3, 0.4) is 0 Å². The van der Waals surface area contributed by atoms with Crippen LogP contribution in [0, 0.1) is 5.82 Å². The quantitative estimate of drug-likeness (QED) is 0.619. The molecule has 0 bridgehead atoms. The molecule has 20 heavy (non-hydrogen) atoms. The normalized spacial score (nSPS) is 11.7. The van der Waals surface area contributed by atoms with Gasteiger partial charge in [-0.15, -0.1) is 0 Å². The van der Waals surface area contributed by atoms with Crippen LogP contribution in [0.2, 0.25) is 5.02 Å². The minimum Gasteiger partial charge on any atom is -0.349 e. The second kappa shape index (κ2) is 5.28. The zero-order chi connectivity index (χ0) is 14.9. The molecule has 0 unspecified atom stereocenters. The van der Waals surface area contributed by atoms with Crippen molar-refractivity contribution >= 4 is 17.4 Å². The molecule has 0 saturated heterocycles. The van der Waals surface area contributed by atoms with Gasteiger partial charge in [-0.05, 0) is 24.3 Å². The summed E-state index contributed by atoms with van der Waals surface area (Å²) in [4.78, 5) is 11.0. The van der Waals surface area contributed by atoms with E-state index in [1.807, 2.05) is 0 Å². The number of carbonyl (C=O) groups excluding carboxylic acids is 1. The van der Waals surface area contributed by atoms with Gasteiger partial charge in [-0.3, -0.25) is 4.79 Å². The third kappa shape index (κ3) is 3.19. The van der Waals surface area contributed by atoms with Crippen LogP contribution in [0.1, 0.15) is 15.9 Å². The molecule has 7 heteroatoms. The van der Waals surface area contributed by atoms with Gasteiger partial charge in [-0.2, -0.15) is 13.2 Å². The van der Waals surface area contributed by atoms with E-state index in [2.05, 4.69) is 0 Å². The molecule has 1 heterocycles. The lowest BCUT2D eigenvalue weighted by atomic mass is 10.2. The van der Waals surface area contributed by atoms with Crippen LogP contribution in [0.5, 0.6) is 0 Å². The average molecular weight is 306 g/mol. The molecule has 0 atom stereocenters. The van der Waals surface area contributed by atoms with Gasteiger partial charge in [0.15, 0.2) is 0 Å². The monoisotopic (exact) mass is 305 g/mol. The van der Waals surface area contributed by atoms with E-state index in [4.69, 9.17) is 11.6 Å². The maximum absolute atomic E-state index is 13.5. The number of hydrogen-bond donors (Lipinski definition) is 0. The number of Topliss-reactive ketones (excluding diaryl/α,β-unsaturated/α-hetero) is 1. The SMILES string of the molecule is O=C(c1ccn(Cc2cc(Cl)ccc2F)c1)C(F)(F)F. The zero-order valence-electron chi connectivity index (χ0n) is 9.92. The third-order valence-corrected chi connectivity index (χ3v) is 2.87. The van der Waals surface area contributed by atoms with E-state index in [-0.39, 0.29) is 12.1 Å². The summed E-state index contributed by atoms with van der Waals surface area (Å²) < 4.78 is 51.5. The number of carbonyl (C=O) groups is 1. The lowest BCUT2D eigenvalue weighted by Crippen LogP contribution is -2.22. The summed E-state index contributed by atoms with van der Waals surface area (Å²) in [5, 5.41) is 0.320. The number of rotatable bonds is 3. The van der Waals surface area contributed by atoms with Crippen molar-refractivity contribution in [2.24, 2.45) is 0 Å². The van der Waals surface area contributed by atoms with Gasteiger partial charge in [0, 0.05) is 35.1 Å². The van der Waals surface area contributed by atoms with Crippen molar-refractivity contribution in [2.75, 3.05) is 0 Å². The molecule has 0 spiro atoms. The van der Waals surface area contributed by atoms with Crippen molar-refractivity contribution in [3.63, 3.8) is 0 Å². The summed E-state index contributed by atoms with van der Waals surface area (Å²) in [5.41, 5.74) is -0.265. The van der Waals surface area contributed by atoms with Gasteiger partial charge in [0.05, 0.1) is 0 Å². The standard InChI is InChI=1S/C13H8ClF4NO/c14-10-1-2-11(15)9(5-10)7-19-4-3-8(6-19)12(20)13(16,17)18/h1-6H,7H2. The maximum atomic E-state index is 13.5. The van der Waals surface area contributed by atoms with Crippen molar-refractivity contribution < 1.29 is 22.4 Å². The summed E-state index contributed by atoms with van der Waals surface area (Å²) in [7, 11) is 0. The second-order valence-electron chi connectivity index (χ2n) is 4.14. The molecule has 2 rings (SSSR count). The molecule has 0 aliphatic heterocycles. The number of ketones is 1. The lowest BCUT2D eigenvalue weighted by Gasteiger charge is -2.05. The van der Waals surface area contributed by atoms with E-state index in [0.717, 1.165) is 12.3 Å². The topological polar surface area (TPSA) is 22.0 Å². The molecular weight excluding hydrogens is 298 g/mol. The summed E-state index contributed by atoms with van der Waals surface area (Å²) >= 11 is 5.72. The molecule has 2 aromatic rings. The van der Waals surface area contributed by atoms with Crippen molar-refractivity contribution in [1.82, 2.24) is 4.57 Å². The summed E-state index contributed by atoms with van der Waals surface area (Å²) in [5.74, 6) is -2.45. The van der Waals surface area contributed by atoms with Gasteiger partial charge >= 0.3 is 6.18 Å². The highest BCUT2D eigenvalue weighted by atomic mass is 35.5. The molecule has 106 valence electrons. The highest BCUT2D eigenvalue weighted by Gasteiger charge is 2.39. The van der Waals surface area contributed by atoms with Crippen molar-refractivity contribution in [3.8, 4) is 0 Å². The van der Waals surface area contributed by atoms with E-state index in [9.17, 15) is 22.4 Å². The van der Waals surface area contributed by atoms with E-state index in [1.165, 1.54) is 29.0 Å². The Morgan fingerprint density at radius 3 is 2.60 bits per heavy atom. The number of halogens is 5. The van der Waals surface area contributed by atoms with Gasteiger partial charge in [0.1, 0.15) is 5.82 Å². The molecule has 0 radical (unpaired) electrons. The molecule has 0 aliphatic rings. The Morgan fingerprint density at radius 2 is 1.95 bits per heavy atom. The largest absolute Gasteiger partial charge is 0.454 e. The van der Waals surface area contributed by atoms with Gasteiger partial charge in [0.2, 0.25) is 0 Å². The lowest BCUT2D eigenvalue weighted by molar-refractivity contribution is -0.0885. The molecule has 0 saturated carbocycles. The second-order valence-corrected chi connectivity index (χ2v) is 4.57. The summed E-state index contributed by atoms with van der Waals surface area (Å²) in [6.07, 6.45) is -2.62. The molecule has 0 fully saturated rings. The fourth-order valence-corrected chi connectivity index (χ4v) is 1.89. The van der Waals surface area contributed by atoms with Gasteiger partial charge in [-0.25, -0.2) is 4.39 Å². The fourth-order valence-electron chi connectivity index (χ4n) is 1.70. The van der Waals surface area contributed by atoms with E-state index < -0.39 is 23.3 Å². The minimum absolute atomic E-state index is 0.0163. The zero-order valence-corrected chi connectivity index (χ0v) is 10.7. The fraction of sp³-hybridized carbons (Fsp3) is 0.154. The molecule has 0 aliphatic carbocycles. The van der Waals surface area contributed by atoms with Gasteiger partial charge in [-0.1, -0.05) is 11.6 Å². The number of alkyl halides is 3. The predicted octanol–water partition coefficient (Wildman–Crippen LogP) is 4.07. The van der Waals surface area contributed by atoms with Crippen LogP contribution in [0.4, 0.5) is 17.6 Å². The van der Waals surface area contributed by atoms with E-state index >= 15 is 0 Å². The van der Waals surface area contributed by atoms with Crippen LogP contribution in [-0.4, -0.2) is 16.5 Å². The first kappa shape index (κ1) is 14.6. The first-order chi connectivity index (χ1) is 9.27. The molecule has 0 N–H and O–H groups in total. The highest BCUT2D eigenvalue weighted by molar-refractivity contribution is 6.30. The average Bonchev–Trinajstić information content (AvgIpc) is 2.80. The number of benzene rings is 1. The summed E-state index contributed by atoms with van der Waals surface area (Å²) in [6.45, 7) is -0.0163. The van der Waals surface area contributed by atoms with Crippen molar-refractivity contribution in [3.05, 3.63) is 58.6 Å². The van der Waals surface area contributed by atoms with Crippen LogP contribution in [0.15, 0.2) is 36.7 Å². The number of hydrogen-bond acceptors (Lipinski definition) is 1. The first-order valence-corrected chi connectivity index (χ1v) is 5.86. The Kier molecular flexibility index (Phi) is 3.85. The smallest absolute Gasteiger partial charge is 0.349 e. The Hall–Kier alpha value is -1.82. The minimum atomic E-state index is -4.92. The Morgan fingerprint density at radius 1 is 1.25 bits per heavy atom. The molecule has 0 amide bonds. The molecular formula is C13H8ClF4NO. The number of aromatic nitrogens is 1. The Bertz CT molecular complexity index is 648.